The van der Waals surface area contributed by atoms with Gasteiger partial charge in [0.1, 0.15) is 5.82 Å². The van der Waals surface area contributed by atoms with Crippen molar-refractivity contribution in [1.29, 1.82) is 0 Å². The smallest absolute Gasteiger partial charge is 0.132 e. The van der Waals surface area contributed by atoms with Crippen LogP contribution >= 0.6 is 11.6 Å². The first kappa shape index (κ1) is 13.6. The standard InChI is InChI=1S/C14H22ClN3/c1-17(2)14(7-5-8-14)11-18(3)13-12(10-15)6-4-9-16-13/h4,6,9H,5,7-8,10-11H2,1-3H3. The van der Waals surface area contributed by atoms with Gasteiger partial charge in [0.25, 0.3) is 0 Å². The summed E-state index contributed by atoms with van der Waals surface area (Å²) in [6.07, 6.45) is 5.71. The number of likely N-dealkylation sites (N-methyl/N-ethyl adjacent to an activating group) is 2. The molecular weight excluding hydrogens is 246 g/mol. The minimum absolute atomic E-state index is 0.315. The second-order valence-electron chi connectivity index (χ2n) is 5.45. The van der Waals surface area contributed by atoms with Gasteiger partial charge in [-0.1, -0.05) is 6.07 Å². The van der Waals surface area contributed by atoms with Crippen LogP contribution in [0.3, 0.4) is 0 Å². The molecule has 0 amide bonds. The van der Waals surface area contributed by atoms with Gasteiger partial charge in [-0.15, -0.1) is 11.6 Å². The number of halogens is 1. The summed E-state index contributed by atoms with van der Waals surface area (Å²) in [4.78, 5) is 9.08. The molecule has 1 heterocycles. The lowest BCUT2D eigenvalue weighted by atomic mass is 9.75. The average Bonchev–Trinajstić information content (AvgIpc) is 2.33. The molecule has 0 spiro atoms. The van der Waals surface area contributed by atoms with Gasteiger partial charge in [-0.3, -0.25) is 0 Å². The Bertz CT molecular complexity index is 402. The molecule has 0 unspecified atom stereocenters. The normalized spacial score (nSPS) is 17.6. The van der Waals surface area contributed by atoms with E-state index in [9.17, 15) is 0 Å². The molecule has 18 heavy (non-hydrogen) atoms. The number of rotatable bonds is 5. The van der Waals surface area contributed by atoms with E-state index in [1.54, 1.807) is 0 Å². The van der Waals surface area contributed by atoms with Crippen LogP contribution in [0, 0.1) is 0 Å². The summed E-state index contributed by atoms with van der Waals surface area (Å²) in [5, 5.41) is 0. The third kappa shape index (κ3) is 2.47. The summed E-state index contributed by atoms with van der Waals surface area (Å²) >= 11 is 5.98. The lowest BCUT2D eigenvalue weighted by molar-refractivity contribution is 0.0681. The monoisotopic (exact) mass is 267 g/mol. The molecule has 1 aliphatic carbocycles. The van der Waals surface area contributed by atoms with Gasteiger partial charge >= 0.3 is 0 Å². The Balaban J connectivity index is 2.14. The lowest BCUT2D eigenvalue weighted by Gasteiger charge is -2.49. The third-order valence-electron chi connectivity index (χ3n) is 4.14. The number of hydrogen-bond acceptors (Lipinski definition) is 3. The maximum absolute atomic E-state index is 5.98. The van der Waals surface area contributed by atoms with E-state index < -0.39 is 0 Å². The first-order chi connectivity index (χ1) is 8.59. The van der Waals surface area contributed by atoms with Crippen molar-refractivity contribution < 1.29 is 0 Å². The summed E-state index contributed by atoms with van der Waals surface area (Å²) in [5.41, 5.74) is 1.42. The van der Waals surface area contributed by atoms with E-state index in [4.69, 9.17) is 11.6 Å². The molecule has 0 radical (unpaired) electrons. The van der Waals surface area contributed by atoms with E-state index in [0.717, 1.165) is 17.9 Å². The fraction of sp³-hybridized carbons (Fsp3) is 0.643. The summed E-state index contributed by atoms with van der Waals surface area (Å²) in [6.45, 7) is 1.01. The van der Waals surface area contributed by atoms with Crippen LogP contribution in [0.1, 0.15) is 24.8 Å². The number of anilines is 1. The maximum atomic E-state index is 5.98. The van der Waals surface area contributed by atoms with Gasteiger partial charge in [-0.25, -0.2) is 4.98 Å². The summed E-state index contributed by atoms with van der Waals surface area (Å²) in [7, 11) is 6.46. The Morgan fingerprint density at radius 2 is 2.06 bits per heavy atom. The Morgan fingerprint density at radius 1 is 1.33 bits per heavy atom. The van der Waals surface area contributed by atoms with Crippen LogP contribution in [0.25, 0.3) is 0 Å². The molecule has 1 aromatic rings. The zero-order chi connectivity index (χ0) is 13.2. The van der Waals surface area contributed by atoms with E-state index in [2.05, 4.69) is 42.0 Å². The van der Waals surface area contributed by atoms with Crippen molar-refractivity contribution in [2.24, 2.45) is 0 Å². The molecule has 0 bridgehead atoms. The van der Waals surface area contributed by atoms with Crippen molar-refractivity contribution in [3.63, 3.8) is 0 Å². The highest BCUT2D eigenvalue weighted by atomic mass is 35.5. The second kappa shape index (κ2) is 5.45. The fourth-order valence-corrected chi connectivity index (χ4v) is 2.93. The zero-order valence-corrected chi connectivity index (χ0v) is 12.2. The molecule has 0 N–H and O–H groups in total. The highest BCUT2D eigenvalue weighted by Gasteiger charge is 2.40. The number of alkyl halides is 1. The number of pyridine rings is 1. The quantitative estimate of drug-likeness (QED) is 0.765. The molecule has 2 rings (SSSR count). The molecule has 4 heteroatoms. The Morgan fingerprint density at radius 3 is 2.56 bits per heavy atom. The van der Waals surface area contributed by atoms with Crippen molar-refractivity contribution in [2.45, 2.75) is 30.7 Å². The Labute approximate surface area is 115 Å². The van der Waals surface area contributed by atoms with E-state index in [-0.39, 0.29) is 0 Å². The predicted molar refractivity (Wildman–Crippen MR) is 77.3 cm³/mol. The van der Waals surface area contributed by atoms with Crippen molar-refractivity contribution in [1.82, 2.24) is 9.88 Å². The van der Waals surface area contributed by atoms with Crippen LogP contribution in [0.15, 0.2) is 18.3 Å². The minimum Gasteiger partial charge on any atom is -0.358 e. The summed E-state index contributed by atoms with van der Waals surface area (Å²) in [6, 6.07) is 4.00. The van der Waals surface area contributed by atoms with E-state index in [1.165, 1.54) is 19.3 Å². The first-order valence-electron chi connectivity index (χ1n) is 6.47. The molecule has 0 saturated heterocycles. The van der Waals surface area contributed by atoms with E-state index in [1.807, 2.05) is 12.3 Å². The van der Waals surface area contributed by atoms with Gasteiger partial charge in [-0.05, 0) is 39.4 Å². The van der Waals surface area contributed by atoms with Gasteiger partial charge in [0.2, 0.25) is 0 Å². The minimum atomic E-state index is 0.315. The van der Waals surface area contributed by atoms with Crippen molar-refractivity contribution in [3.05, 3.63) is 23.9 Å². The first-order valence-corrected chi connectivity index (χ1v) is 7.01. The molecular formula is C14H22ClN3. The Hall–Kier alpha value is -0.800. The number of nitrogens with zero attached hydrogens (tertiary/aromatic N) is 3. The molecule has 0 aromatic carbocycles. The van der Waals surface area contributed by atoms with Gasteiger partial charge in [-0.2, -0.15) is 0 Å². The van der Waals surface area contributed by atoms with Gasteiger partial charge in [0, 0.05) is 30.9 Å². The SMILES string of the molecule is CN(CC1(N(C)C)CCC1)c1ncccc1CCl. The molecule has 1 fully saturated rings. The van der Waals surface area contributed by atoms with E-state index >= 15 is 0 Å². The van der Waals surface area contributed by atoms with Crippen LogP contribution in [-0.4, -0.2) is 43.1 Å². The largest absolute Gasteiger partial charge is 0.358 e. The van der Waals surface area contributed by atoms with Crippen LogP contribution in [0.2, 0.25) is 0 Å². The molecule has 3 nitrogen and oxygen atoms in total. The maximum Gasteiger partial charge on any atom is 0.132 e. The van der Waals surface area contributed by atoms with Crippen molar-refractivity contribution >= 4 is 17.4 Å². The highest BCUT2D eigenvalue weighted by Crippen LogP contribution is 2.37. The second-order valence-corrected chi connectivity index (χ2v) is 5.72. The molecule has 100 valence electrons. The van der Waals surface area contributed by atoms with Crippen molar-refractivity contribution in [3.8, 4) is 0 Å². The molecule has 0 atom stereocenters. The van der Waals surface area contributed by atoms with Gasteiger partial charge in [0.15, 0.2) is 0 Å². The topological polar surface area (TPSA) is 19.4 Å². The molecule has 1 saturated carbocycles. The zero-order valence-electron chi connectivity index (χ0n) is 11.5. The number of hydrogen-bond donors (Lipinski definition) is 0. The van der Waals surface area contributed by atoms with Crippen LogP contribution < -0.4 is 4.90 Å². The van der Waals surface area contributed by atoms with Gasteiger partial charge in [0.05, 0.1) is 5.88 Å². The van der Waals surface area contributed by atoms with E-state index in [0.29, 0.717) is 11.4 Å². The Kier molecular flexibility index (Phi) is 4.13. The molecule has 1 aromatic heterocycles. The number of aromatic nitrogens is 1. The highest BCUT2D eigenvalue weighted by molar-refractivity contribution is 6.17. The predicted octanol–water partition coefficient (Wildman–Crippen LogP) is 2.74. The summed E-state index contributed by atoms with van der Waals surface area (Å²) in [5.74, 6) is 1.53. The molecule has 0 aliphatic heterocycles. The third-order valence-corrected chi connectivity index (χ3v) is 4.43. The fourth-order valence-electron chi connectivity index (χ4n) is 2.73. The van der Waals surface area contributed by atoms with Crippen molar-refractivity contribution in [2.75, 3.05) is 32.6 Å². The average molecular weight is 268 g/mol. The molecule has 1 aliphatic rings. The van der Waals surface area contributed by atoms with Crippen LogP contribution in [0.5, 0.6) is 0 Å². The summed E-state index contributed by atoms with van der Waals surface area (Å²) < 4.78 is 0. The van der Waals surface area contributed by atoms with Crippen LogP contribution in [-0.2, 0) is 5.88 Å². The van der Waals surface area contributed by atoms with Crippen LogP contribution in [0.4, 0.5) is 5.82 Å². The van der Waals surface area contributed by atoms with Gasteiger partial charge < -0.3 is 9.80 Å². The lowest BCUT2D eigenvalue weighted by Crippen LogP contribution is -2.57.